The van der Waals surface area contributed by atoms with Crippen LogP contribution in [0.5, 0.6) is 0 Å². The molecule has 1 saturated heterocycles. The third kappa shape index (κ3) is 2.77. The van der Waals surface area contributed by atoms with Gasteiger partial charge in [0, 0.05) is 0 Å². The summed E-state index contributed by atoms with van der Waals surface area (Å²) >= 11 is -2.59. The molecule has 1 heterocycles. The van der Waals surface area contributed by atoms with Gasteiger partial charge in [0.15, 0.2) is 0 Å². The molecule has 1 fully saturated rings. The fourth-order valence-corrected chi connectivity index (χ4v) is 38.4. The van der Waals surface area contributed by atoms with E-state index in [0.29, 0.717) is 4.25 Å². The molecule has 0 amide bonds. The normalized spacial score (nSPS) is 27.2. The first-order valence-corrected chi connectivity index (χ1v) is 18.9. The predicted octanol–water partition coefficient (Wildman–Crippen LogP) is 4.59. The molecule has 0 nitrogen and oxygen atoms in total. The molecule has 0 spiro atoms. The Morgan fingerprint density at radius 3 is 1.46 bits per heavy atom. The van der Waals surface area contributed by atoms with Crippen LogP contribution in [0.25, 0.3) is 0 Å². The van der Waals surface area contributed by atoms with Gasteiger partial charge in [-0.2, -0.15) is 0 Å². The Kier molecular flexibility index (Phi) is 3.35. The Bertz CT molecular complexity index is 179. The second-order valence-electron chi connectivity index (χ2n) is 6.97. The third-order valence-corrected chi connectivity index (χ3v) is 28.9. The Labute approximate surface area is 89.6 Å². The molecule has 0 N–H and O–H groups in total. The third-order valence-electron chi connectivity index (χ3n) is 4.52. The van der Waals surface area contributed by atoms with E-state index in [-0.39, 0.29) is 0 Å². The van der Waals surface area contributed by atoms with Gasteiger partial charge in [0.25, 0.3) is 0 Å². The minimum absolute atomic E-state index is 0.693. The van der Waals surface area contributed by atoms with E-state index in [2.05, 4.69) is 38.0 Å². The quantitative estimate of drug-likeness (QED) is 0.574. The van der Waals surface area contributed by atoms with Gasteiger partial charge >= 0.3 is 89.8 Å². The molecule has 0 aliphatic carbocycles. The Morgan fingerprint density at radius 2 is 1.15 bits per heavy atom. The molecule has 0 aromatic rings. The van der Waals surface area contributed by atoms with Gasteiger partial charge in [0.05, 0.1) is 0 Å². The standard InChI is InChI=1S/C11H26Ge2/c1-11(2,3)13(6)9-7-12(4,5)8-10-13/h7-10H2,1-6H3. The second kappa shape index (κ2) is 3.59. The molecular weight excluding hydrogens is 277 g/mol. The summed E-state index contributed by atoms with van der Waals surface area (Å²) in [6, 6.07) is 0. The van der Waals surface area contributed by atoms with Gasteiger partial charge < -0.3 is 0 Å². The van der Waals surface area contributed by atoms with Crippen molar-refractivity contribution in [2.24, 2.45) is 0 Å². The van der Waals surface area contributed by atoms with Crippen LogP contribution in [-0.2, 0) is 0 Å². The van der Waals surface area contributed by atoms with Crippen molar-refractivity contribution >= 4 is 26.5 Å². The van der Waals surface area contributed by atoms with Crippen LogP contribution in [0.1, 0.15) is 20.8 Å². The van der Waals surface area contributed by atoms with Crippen LogP contribution < -0.4 is 0 Å². The average Bonchev–Trinajstić information content (AvgIpc) is 1.94. The average molecular weight is 304 g/mol. The zero-order chi connectivity index (χ0) is 10.3. The summed E-state index contributed by atoms with van der Waals surface area (Å²) in [5, 5.41) is 6.70. The molecule has 0 saturated carbocycles. The van der Waals surface area contributed by atoms with Crippen molar-refractivity contribution in [3.8, 4) is 0 Å². The van der Waals surface area contributed by atoms with Crippen molar-refractivity contribution in [2.75, 3.05) is 0 Å². The number of hydrogen-bond donors (Lipinski definition) is 0. The summed E-state index contributed by atoms with van der Waals surface area (Å²) in [4.78, 5) is 0. The van der Waals surface area contributed by atoms with Gasteiger partial charge in [-0.1, -0.05) is 0 Å². The summed E-state index contributed by atoms with van der Waals surface area (Å²) in [5.41, 5.74) is 0. The van der Waals surface area contributed by atoms with E-state index in [9.17, 15) is 0 Å². The maximum atomic E-state index is 2.69. The van der Waals surface area contributed by atoms with Crippen LogP contribution in [0.3, 0.4) is 0 Å². The van der Waals surface area contributed by atoms with Crippen molar-refractivity contribution in [3.63, 3.8) is 0 Å². The molecular formula is C11H26Ge2. The van der Waals surface area contributed by atoms with Crippen molar-refractivity contribution in [1.82, 2.24) is 0 Å². The molecule has 2 heteroatoms. The topological polar surface area (TPSA) is 0 Å². The van der Waals surface area contributed by atoms with E-state index in [1.807, 2.05) is 0 Å². The molecule has 78 valence electrons. The van der Waals surface area contributed by atoms with Crippen molar-refractivity contribution < 1.29 is 0 Å². The van der Waals surface area contributed by atoms with E-state index < -0.39 is 26.5 Å². The van der Waals surface area contributed by atoms with Crippen LogP contribution >= 0.6 is 0 Å². The van der Waals surface area contributed by atoms with E-state index in [4.69, 9.17) is 0 Å². The maximum absolute atomic E-state index is 2.69. The van der Waals surface area contributed by atoms with Gasteiger partial charge in [-0.15, -0.1) is 0 Å². The molecule has 0 unspecified atom stereocenters. The Balaban J connectivity index is 2.68. The molecule has 1 rings (SSSR count). The van der Waals surface area contributed by atoms with Gasteiger partial charge in [-0.3, -0.25) is 0 Å². The van der Waals surface area contributed by atoms with E-state index >= 15 is 0 Å². The Hall–Kier alpha value is 1.09. The van der Waals surface area contributed by atoms with Crippen LogP contribution in [0.4, 0.5) is 0 Å². The van der Waals surface area contributed by atoms with Gasteiger partial charge in [-0.25, -0.2) is 0 Å². The van der Waals surface area contributed by atoms with E-state index in [1.165, 1.54) is 0 Å². The Morgan fingerprint density at radius 1 is 0.769 bits per heavy atom. The van der Waals surface area contributed by atoms with Crippen LogP contribution in [0, 0.1) is 0 Å². The second-order valence-corrected chi connectivity index (χ2v) is 29.9. The molecule has 1 aliphatic rings. The van der Waals surface area contributed by atoms with Crippen molar-refractivity contribution in [2.45, 2.75) is 63.3 Å². The summed E-state index contributed by atoms with van der Waals surface area (Å²) in [5.74, 6) is 7.95. The van der Waals surface area contributed by atoms with Gasteiger partial charge in [-0.05, 0) is 0 Å². The summed E-state index contributed by atoms with van der Waals surface area (Å²) < 4.78 is 0.693. The fourth-order valence-electron chi connectivity index (χ4n) is 2.23. The molecule has 0 aromatic heterocycles. The first-order chi connectivity index (χ1) is 5.66. The van der Waals surface area contributed by atoms with Crippen molar-refractivity contribution in [1.29, 1.82) is 0 Å². The monoisotopic (exact) mass is 306 g/mol. The van der Waals surface area contributed by atoms with Gasteiger partial charge in [0.2, 0.25) is 0 Å². The SMILES string of the molecule is C[C](C)(C)[Ge]1([CH3])[CH2][CH2][Ge]([CH3])([CH3])[CH2][CH2]1. The van der Waals surface area contributed by atoms with Gasteiger partial charge in [0.1, 0.15) is 0 Å². The summed E-state index contributed by atoms with van der Waals surface area (Å²) in [7, 11) is 0. The van der Waals surface area contributed by atoms with Crippen molar-refractivity contribution in [3.05, 3.63) is 0 Å². The molecule has 0 aromatic carbocycles. The van der Waals surface area contributed by atoms with Crippen LogP contribution in [0.15, 0.2) is 0 Å². The molecule has 13 heavy (non-hydrogen) atoms. The van der Waals surface area contributed by atoms with Crippen LogP contribution in [0.2, 0.25) is 42.5 Å². The zero-order valence-electron chi connectivity index (χ0n) is 10.3. The molecule has 0 radical (unpaired) electrons. The summed E-state index contributed by atoms with van der Waals surface area (Å²) in [6.07, 6.45) is 0. The number of hydrogen-bond acceptors (Lipinski definition) is 0. The summed E-state index contributed by atoms with van der Waals surface area (Å²) in [6.45, 7) is 7.50. The predicted molar refractivity (Wildman–Crippen MR) is 68.0 cm³/mol. The number of rotatable bonds is 0. The molecule has 0 bridgehead atoms. The first kappa shape index (κ1) is 12.2. The minimum atomic E-state index is -1.40. The van der Waals surface area contributed by atoms with E-state index in [1.54, 1.807) is 21.0 Å². The fraction of sp³-hybridized carbons (Fsp3) is 1.00. The first-order valence-electron chi connectivity index (χ1n) is 5.66. The molecule has 1 aliphatic heterocycles. The van der Waals surface area contributed by atoms with E-state index in [0.717, 1.165) is 0 Å². The molecule has 0 atom stereocenters. The zero-order valence-corrected chi connectivity index (χ0v) is 14.5. The van der Waals surface area contributed by atoms with Crippen LogP contribution in [-0.4, -0.2) is 26.5 Å².